The highest BCUT2D eigenvalue weighted by molar-refractivity contribution is 7.89. The van der Waals surface area contributed by atoms with Crippen molar-refractivity contribution in [1.29, 1.82) is 0 Å². The molecule has 0 spiro atoms. The highest BCUT2D eigenvalue weighted by atomic mass is 32.2. The van der Waals surface area contributed by atoms with Crippen molar-refractivity contribution in [2.45, 2.75) is 64.5 Å². The van der Waals surface area contributed by atoms with Gasteiger partial charge in [0.1, 0.15) is 11.6 Å². The monoisotopic (exact) mass is 611 g/mol. The van der Waals surface area contributed by atoms with Crippen molar-refractivity contribution in [2.24, 2.45) is 5.92 Å². The fourth-order valence-electron chi connectivity index (χ4n) is 6.89. The van der Waals surface area contributed by atoms with Crippen LogP contribution in [0.4, 0.5) is 4.39 Å². The largest absolute Gasteiger partial charge is 0.377 e. The summed E-state index contributed by atoms with van der Waals surface area (Å²) in [5.74, 6) is 1.29. The van der Waals surface area contributed by atoms with Crippen molar-refractivity contribution >= 4 is 21.4 Å². The van der Waals surface area contributed by atoms with Gasteiger partial charge in [0.2, 0.25) is 10.0 Å². The number of halogens is 1. The number of fused-ring (bicyclic) bond motifs is 1. The number of morpholine rings is 1. The Morgan fingerprint density at radius 1 is 1.14 bits per heavy atom. The molecular weight excluding hydrogens is 569 g/mol. The average Bonchev–Trinajstić information content (AvgIpc) is 3.35. The molecule has 0 unspecified atom stereocenters. The quantitative estimate of drug-likeness (QED) is 0.410. The summed E-state index contributed by atoms with van der Waals surface area (Å²) in [7, 11) is -3.16. The summed E-state index contributed by atoms with van der Waals surface area (Å²) in [6, 6.07) is 6.64. The number of carbonyl (C=O) groups excluding carboxylic acids is 1. The SMILES string of the molecule is CCS(=O)(=O)NC1CCC(CN2CC(c3cc(-c4ccc(F)cc4C(=O)N4CCOC[C@H]4C)c4cnc(C)n4c3)C2)CC1. The molecule has 1 atom stereocenters. The molecule has 9 nitrogen and oxygen atoms in total. The van der Waals surface area contributed by atoms with E-state index in [2.05, 4.69) is 31.3 Å². The fraction of sp³-hybridized carbons (Fsp3) is 0.562. The first-order chi connectivity index (χ1) is 20.6. The molecule has 1 aliphatic carbocycles. The van der Waals surface area contributed by atoms with E-state index in [0.29, 0.717) is 42.7 Å². The van der Waals surface area contributed by atoms with E-state index in [1.54, 1.807) is 17.9 Å². The molecule has 3 fully saturated rings. The molecule has 43 heavy (non-hydrogen) atoms. The topological polar surface area (TPSA) is 96.2 Å². The van der Waals surface area contributed by atoms with Crippen LogP contribution in [0.25, 0.3) is 16.6 Å². The summed E-state index contributed by atoms with van der Waals surface area (Å²) in [5, 5.41) is 0. The Morgan fingerprint density at radius 2 is 1.91 bits per heavy atom. The minimum Gasteiger partial charge on any atom is -0.377 e. The highest BCUT2D eigenvalue weighted by Gasteiger charge is 2.33. The van der Waals surface area contributed by atoms with Gasteiger partial charge in [-0.25, -0.2) is 22.5 Å². The molecule has 1 N–H and O–H groups in total. The molecule has 3 aromatic rings. The van der Waals surface area contributed by atoms with Gasteiger partial charge in [-0.1, -0.05) is 6.07 Å². The molecule has 2 saturated heterocycles. The first kappa shape index (κ1) is 30.2. The summed E-state index contributed by atoms with van der Waals surface area (Å²) in [5.41, 5.74) is 4.03. The lowest BCUT2D eigenvalue weighted by Gasteiger charge is -2.42. The number of aromatic nitrogens is 2. The number of hydrogen-bond donors (Lipinski definition) is 1. The van der Waals surface area contributed by atoms with Crippen LogP contribution < -0.4 is 4.72 Å². The standard InChI is InChI=1S/C32H42FN5O4S/c1-4-43(40,41)35-27-8-5-23(6-9-27)16-36-17-25(18-36)24-13-29(31-15-34-22(3)38(31)19-24)28-10-7-26(33)14-30(28)32(39)37-11-12-42-20-21(37)2/h7,10,13-15,19,21,23,25,27,35H,4-6,8-9,11-12,16-18,20H2,1-3H3/t21-,23?,27?/m1/s1. The lowest BCUT2D eigenvalue weighted by Crippen LogP contribution is -2.48. The summed E-state index contributed by atoms with van der Waals surface area (Å²) < 4.78 is 48.9. The molecule has 2 aliphatic heterocycles. The van der Waals surface area contributed by atoms with Gasteiger partial charge in [0.25, 0.3) is 5.91 Å². The van der Waals surface area contributed by atoms with E-state index in [-0.39, 0.29) is 23.7 Å². The predicted molar refractivity (Wildman–Crippen MR) is 164 cm³/mol. The van der Waals surface area contributed by atoms with Crippen molar-refractivity contribution in [1.82, 2.24) is 23.9 Å². The number of nitrogens with zero attached hydrogens (tertiary/aromatic N) is 4. The molecular formula is C32H42FN5O4S. The van der Waals surface area contributed by atoms with Gasteiger partial charge in [-0.15, -0.1) is 0 Å². The number of pyridine rings is 1. The second-order valence-corrected chi connectivity index (χ2v) is 14.6. The zero-order chi connectivity index (χ0) is 30.3. The molecule has 11 heteroatoms. The summed E-state index contributed by atoms with van der Waals surface area (Å²) in [6.07, 6.45) is 7.83. The number of sulfonamides is 1. The van der Waals surface area contributed by atoms with Crippen LogP contribution in [0.2, 0.25) is 0 Å². The molecule has 3 aliphatic rings. The maximum Gasteiger partial charge on any atom is 0.254 e. The van der Waals surface area contributed by atoms with Crippen LogP contribution in [0.5, 0.6) is 0 Å². The van der Waals surface area contributed by atoms with Crippen molar-refractivity contribution in [3.8, 4) is 11.1 Å². The van der Waals surface area contributed by atoms with E-state index in [1.807, 2.05) is 20.0 Å². The number of amides is 1. The second-order valence-electron chi connectivity index (χ2n) is 12.5. The molecule has 1 amide bonds. The van der Waals surface area contributed by atoms with Gasteiger partial charge in [-0.05, 0) is 81.7 Å². The van der Waals surface area contributed by atoms with Crippen molar-refractivity contribution in [3.05, 3.63) is 59.4 Å². The molecule has 0 radical (unpaired) electrons. The maximum atomic E-state index is 14.6. The van der Waals surface area contributed by atoms with Gasteiger partial charge in [0.15, 0.2) is 0 Å². The highest BCUT2D eigenvalue weighted by Crippen LogP contribution is 2.37. The Balaban J connectivity index is 1.19. The number of nitrogens with one attached hydrogen (secondary N) is 1. The van der Waals surface area contributed by atoms with E-state index in [1.165, 1.54) is 17.7 Å². The van der Waals surface area contributed by atoms with E-state index >= 15 is 0 Å². The lowest BCUT2D eigenvalue weighted by atomic mass is 9.84. The Morgan fingerprint density at radius 3 is 2.63 bits per heavy atom. The van der Waals surface area contributed by atoms with Gasteiger partial charge in [-0.2, -0.15) is 0 Å². The van der Waals surface area contributed by atoms with E-state index in [9.17, 15) is 17.6 Å². The number of ether oxygens (including phenoxy) is 1. The minimum atomic E-state index is -3.16. The van der Waals surface area contributed by atoms with Crippen LogP contribution in [-0.4, -0.2) is 90.7 Å². The van der Waals surface area contributed by atoms with E-state index < -0.39 is 15.8 Å². The summed E-state index contributed by atoms with van der Waals surface area (Å²) in [4.78, 5) is 22.6. The van der Waals surface area contributed by atoms with Gasteiger partial charge >= 0.3 is 0 Å². The van der Waals surface area contributed by atoms with Crippen LogP contribution in [-0.2, 0) is 14.8 Å². The summed E-state index contributed by atoms with van der Waals surface area (Å²) in [6.45, 7) is 9.93. The zero-order valence-electron chi connectivity index (χ0n) is 25.3. The number of likely N-dealkylation sites (tertiary alicyclic amines) is 1. The minimum absolute atomic E-state index is 0.0589. The average molecular weight is 612 g/mol. The Labute approximate surface area is 253 Å². The second kappa shape index (κ2) is 12.3. The lowest BCUT2D eigenvalue weighted by molar-refractivity contribution is 0.00361. The normalized spacial score (nSPS) is 23.9. The van der Waals surface area contributed by atoms with Crippen LogP contribution in [0.15, 0.2) is 36.7 Å². The predicted octanol–water partition coefficient (Wildman–Crippen LogP) is 4.21. The number of carbonyl (C=O) groups is 1. The Hall–Kier alpha value is -2.86. The first-order valence-corrected chi connectivity index (χ1v) is 17.2. The Bertz CT molecular complexity index is 1590. The van der Waals surface area contributed by atoms with Crippen LogP contribution >= 0.6 is 0 Å². The Kier molecular flexibility index (Phi) is 8.61. The molecule has 232 valence electrons. The number of rotatable bonds is 8. The molecule has 1 saturated carbocycles. The number of hydrogen-bond acceptors (Lipinski definition) is 6. The fourth-order valence-corrected chi connectivity index (χ4v) is 7.80. The van der Waals surface area contributed by atoms with Crippen LogP contribution in [0, 0.1) is 18.7 Å². The number of benzene rings is 1. The van der Waals surface area contributed by atoms with Gasteiger partial charge in [-0.3, -0.25) is 4.79 Å². The number of aryl methyl sites for hydroxylation is 1. The molecule has 0 bridgehead atoms. The first-order valence-electron chi connectivity index (χ1n) is 15.5. The molecule has 2 aromatic heterocycles. The smallest absolute Gasteiger partial charge is 0.254 e. The van der Waals surface area contributed by atoms with Gasteiger partial charge in [0, 0.05) is 49.9 Å². The third-order valence-corrected chi connectivity index (χ3v) is 10.9. The van der Waals surface area contributed by atoms with Crippen LogP contribution in [0.3, 0.4) is 0 Å². The molecule has 6 rings (SSSR count). The van der Waals surface area contributed by atoms with E-state index in [0.717, 1.165) is 62.2 Å². The van der Waals surface area contributed by atoms with Crippen LogP contribution in [0.1, 0.15) is 67.2 Å². The van der Waals surface area contributed by atoms with Gasteiger partial charge < -0.3 is 18.9 Å². The number of imidazole rings is 1. The maximum absolute atomic E-state index is 14.6. The summed E-state index contributed by atoms with van der Waals surface area (Å²) >= 11 is 0. The van der Waals surface area contributed by atoms with E-state index in [4.69, 9.17) is 4.74 Å². The molecule has 1 aromatic carbocycles. The third kappa shape index (κ3) is 6.36. The van der Waals surface area contributed by atoms with Crippen molar-refractivity contribution in [3.63, 3.8) is 0 Å². The zero-order valence-corrected chi connectivity index (χ0v) is 26.1. The van der Waals surface area contributed by atoms with Gasteiger partial charge in [0.05, 0.1) is 42.3 Å². The third-order valence-electron chi connectivity index (χ3n) is 9.50. The molecule has 4 heterocycles. The van der Waals surface area contributed by atoms with Crippen molar-refractivity contribution in [2.75, 3.05) is 45.1 Å². The van der Waals surface area contributed by atoms with Crippen molar-refractivity contribution < 1.29 is 22.3 Å².